The highest BCUT2D eigenvalue weighted by Gasteiger charge is 2.35. The second kappa shape index (κ2) is 7.77. The number of halogens is 1. The van der Waals surface area contributed by atoms with Gasteiger partial charge in [-0.15, -0.1) is 0 Å². The summed E-state index contributed by atoms with van der Waals surface area (Å²) in [5.74, 6) is -0.501. The molecule has 0 saturated heterocycles. The van der Waals surface area contributed by atoms with Crippen molar-refractivity contribution in [2.75, 3.05) is 6.54 Å². The Hall–Kier alpha value is -2.63. The quantitative estimate of drug-likeness (QED) is 0.765. The van der Waals surface area contributed by atoms with Crippen LogP contribution >= 0.6 is 0 Å². The number of benzene rings is 1. The van der Waals surface area contributed by atoms with Crippen LogP contribution in [0, 0.1) is 11.2 Å². The summed E-state index contributed by atoms with van der Waals surface area (Å²) >= 11 is 0. The number of hydrogen-bond donors (Lipinski definition) is 2. The number of carbonyl (C=O) groups is 2. The summed E-state index contributed by atoms with van der Waals surface area (Å²) in [5.41, 5.74) is -0.708. The summed E-state index contributed by atoms with van der Waals surface area (Å²) < 4.78 is 18.7. The Morgan fingerprint density at radius 2 is 1.79 bits per heavy atom. The van der Waals surface area contributed by atoms with Gasteiger partial charge in [0.1, 0.15) is 17.0 Å². The SMILES string of the molecule is CC(C)(C(=O)NCCc1ccccc1F)C(=O)NCc1ccco1. The molecular weight excluding hydrogens is 311 g/mol. The molecule has 128 valence electrons. The first-order valence-corrected chi connectivity index (χ1v) is 7.73. The van der Waals surface area contributed by atoms with E-state index in [1.165, 1.54) is 12.3 Å². The lowest BCUT2D eigenvalue weighted by atomic mass is 9.91. The fourth-order valence-electron chi connectivity index (χ4n) is 2.14. The van der Waals surface area contributed by atoms with Crippen molar-refractivity contribution in [2.24, 2.45) is 5.41 Å². The molecule has 0 atom stereocenters. The monoisotopic (exact) mass is 332 g/mol. The van der Waals surface area contributed by atoms with Crippen molar-refractivity contribution in [1.82, 2.24) is 10.6 Å². The Labute approximate surface area is 140 Å². The van der Waals surface area contributed by atoms with E-state index in [4.69, 9.17) is 4.42 Å². The molecule has 0 radical (unpaired) electrons. The maximum Gasteiger partial charge on any atom is 0.235 e. The molecule has 2 N–H and O–H groups in total. The van der Waals surface area contributed by atoms with E-state index in [9.17, 15) is 14.0 Å². The zero-order valence-electron chi connectivity index (χ0n) is 13.8. The predicted molar refractivity (Wildman–Crippen MR) is 87.4 cm³/mol. The van der Waals surface area contributed by atoms with Crippen LogP contribution in [0.5, 0.6) is 0 Å². The van der Waals surface area contributed by atoms with E-state index in [0.717, 1.165) is 0 Å². The number of amides is 2. The Kier molecular flexibility index (Phi) is 5.73. The van der Waals surface area contributed by atoms with Gasteiger partial charge in [-0.1, -0.05) is 18.2 Å². The van der Waals surface area contributed by atoms with Crippen LogP contribution in [-0.2, 0) is 22.6 Å². The normalized spacial score (nSPS) is 11.1. The van der Waals surface area contributed by atoms with Crippen LogP contribution in [0.2, 0.25) is 0 Å². The molecule has 1 heterocycles. The summed E-state index contributed by atoms with van der Waals surface area (Å²) in [6.07, 6.45) is 1.88. The molecule has 0 spiro atoms. The average molecular weight is 332 g/mol. The molecule has 2 aromatic rings. The fourth-order valence-corrected chi connectivity index (χ4v) is 2.14. The molecule has 0 saturated carbocycles. The maximum absolute atomic E-state index is 13.5. The Balaban J connectivity index is 1.83. The molecule has 1 aromatic carbocycles. The van der Waals surface area contributed by atoms with E-state index in [1.54, 1.807) is 44.2 Å². The lowest BCUT2D eigenvalue weighted by Gasteiger charge is -2.22. The van der Waals surface area contributed by atoms with E-state index in [2.05, 4.69) is 10.6 Å². The third kappa shape index (κ3) is 4.44. The van der Waals surface area contributed by atoms with Crippen molar-refractivity contribution in [3.63, 3.8) is 0 Å². The van der Waals surface area contributed by atoms with Gasteiger partial charge in [0, 0.05) is 6.54 Å². The minimum absolute atomic E-state index is 0.220. The van der Waals surface area contributed by atoms with Crippen LogP contribution in [0.3, 0.4) is 0 Å². The number of hydrogen-bond acceptors (Lipinski definition) is 3. The molecule has 0 aliphatic rings. The number of carbonyl (C=O) groups excluding carboxylic acids is 2. The van der Waals surface area contributed by atoms with Crippen LogP contribution < -0.4 is 10.6 Å². The standard InChI is InChI=1S/C18H21FN2O3/c1-18(2,17(23)21-12-14-7-5-11-24-14)16(22)20-10-9-13-6-3-4-8-15(13)19/h3-8,11H,9-10,12H2,1-2H3,(H,20,22)(H,21,23). The molecule has 6 heteroatoms. The molecule has 0 fully saturated rings. The third-order valence-electron chi connectivity index (χ3n) is 3.78. The van der Waals surface area contributed by atoms with Crippen molar-refractivity contribution < 1.29 is 18.4 Å². The summed E-state index contributed by atoms with van der Waals surface area (Å²) in [7, 11) is 0. The molecule has 1 aromatic heterocycles. The van der Waals surface area contributed by atoms with E-state index >= 15 is 0 Å². The zero-order chi connectivity index (χ0) is 17.6. The molecule has 0 bridgehead atoms. The molecule has 24 heavy (non-hydrogen) atoms. The molecular formula is C18H21FN2O3. The first-order valence-electron chi connectivity index (χ1n) is 7.73. The first-order chi connectivity index (χ1) is 11.4. The summed E-state index contributed by atoms with van der Waals surface area (Å²) in [4.78, 5) is 24.5. The van der Waals surface area contributed by atoms with Gasteiger partial charge in [0.25, 0.3) is 0 Å². The van der Waals surface area contributed by atoms with Gasteiger partial charge < -0.3 is 15.1 Å². The van der Waals surface area contributed by atoms with Gasteiger partial charge in [0.2, 0.25) is 11.8 Å². The number of nitrogens with one attached hydrogen (secondary N) is 2. The molecule has 0 aliphatic carbocycles. The largest absolute Gasteiger partial charge is 0.467 e. The van der Waals surface area contributed by atoms with E-state index in [-0.39, 0.29) is 18.9 Å². The van der Waals surface area contributed by atoms with Crippen LogP contribution in [0.15, 0.2) is 47.1 Å². The fraction of sp³-hybridized carbons (Fsp3) is 0.333. The van der Waals surface area contributed by atoms with Gasteiger partial charge in [0.15, 0.2) is 0 Å². The Morgan fingerprint density at radius 1 is 1.08 bits per heavy atom. The van der Waals surface area contributed by atoms with Crippen molar-refractivity contribution in [3.05, 3.63) is 59.8 Å². The van der Waals surface area contributed by atoms with Gasteiger partial charge in [-0.05, 0) is 44.0 Å². The van der Waals surface area contributed by atoms with Crippen molar-refractivity contribution in [3.8, 4) is 0 Å². The average Bonchev–Trinajstić information content (AvgIpc) is 3.07. The Bertz CT molecular complexity index is 696. The first kappa shape index (κ1) is 17.7. The highest BCUT2D eigenvalue weighted by atomic mass is 19.1. The summed E-state index contributed by atoms with van der Waals surface area (Å²) in [6, 6.07) is 9.87. The third-order valence-corrected chi connectivity index (χ3v) is 3.78. The lowest BCUT2D eigenvalue weighted by molar-refractivity contribution is -0.141. The smallest absolute Gasteiger partial charge is 0.235 e. The van der Waals surface area contributed by atoms with Gasteiger partial charge in [0.05, 0.1) is 12.8 Å². The minimum atomic E-state index is -1.23. The Morgan fingerprint density at radius 3 is 2.46 bits per heavy atom. The van der Waals surface area contributed by atoms with Gasteiger partial charge in [-0.2, -0.15) is 0 Å². The van der Waals surface area contributed by atoms with Crippen LogP contribution in [0.25, 0.3) is 0 Å². The van der Waals surface area contributed by atoms with Gasteiger partial charge in [-0.25, -0.2) is 4.39 Å². The number of furan rings is 1. The van der Waals surface area contributed by atoms with Crippen LogP contribution in [-0.4, -0.2) is 18.4 Å². The minimum Gasteiger partial charge on any atom is -0.467 e. The van der Waals surface area contributed by atoms with Gasteiger partial charge in [-0.3, -0.25) is 9.59 Å². The van der Waals surface area contributed by atoms with E-state index in [0.29, 0.717) is 17.7 Å². The van der Waals surface area contributed by atoms with Crippen molar-refractivity contribution in [2.45, 2.75) is 26.8 Å². The zero-order valence-corrected chi connectivity index (χ0v) is 13.8. The van der Waals surface area contributed by atoms with Gasteiger partial charge >= 0.3 is 0 Å². The molecule has 2 rings (SSSR count). The van der Waals surface area contributed by atoms with Crippen molar-refractivity contribution in [1.29, 1.82) is 0 Å². The van der Waals surface area contributed by atoms with Crippen LogP contribution in [0.1, 0.15) is 25.2 Å². The summed E-state index contributed by atoms with van der Waals surface area (Å²) in [6.45, 7) is 3.57. The predicted octanol–water partition coefficient (Wildman–Crippen LogP) is 2.42. The molecule has 0 unspecified atom stereocenters. The maximum atomic E-state index is 13.5. The topological polar surface area (TPSA) is 71.3 Å². The summed E-state index contributed by atoms with van der Waals surface area (Å²) in [5, 5.41) is 5.35. The lowest BCUT2D eigenvalue weighted by Crippen LogP contribution is -2.48. The van der Waals surface area contributed by atoms with Crippen molar-refractivity contribution >= 4 is 11.8 Å². The second-order valence-corrected chi connectivity index (χ2v) is 5.98. The molecule has 5 nitrogen and oxygen atoms in total. The van der Waals surface area contributed by atoms with E-state index < -0.39 is 17.2 Å². The molecule has 2 amide bonds. The number of rotatable bonds is 7. The highest BCUT2D eigenvalue weighted by molar-refractivity contribution is 6.04. The second-order valence-electron chi connectivity index (χ2n) is 5.98. The van der Waals surface area contributed by atoms with Crippen LogP contribution in [0.4, 0.5) is 4.39 Å². The van der Waals surface area contributed by atoms with E-state index in [1.807, 2.05) is 0 Å². The highest BCUT2D eigenvalue weighted by Crippen LogP contribution is 2.16. The molecule has 0 aliphatic heterocycles.